The number of nitrogens with zero attached hydrogens (tertiary/aromatic N) is 4. The molecule has 0 aliphatic carbocycles. The predicted molar refractivity (Wildman–Crippen MR) is 109 cm³/mol. The van der Waals surface area contributed by atoms with Gasteiger partial charge in [-0.3, -0.25) is 9.59 Å². The molecule has 0 saturated carbocycles. The number of carbonyl (C=O) groups is 1. The van der Waals surface area contributed by atoms with E-state index in [1.54, 1.807) is 15.7 Å². The molecule has 5 rings (SSSR count). The highest BCUT2D eigenvalue weighted by Crippen LogP contribution is 2.31. The number of carbonyl (C=O) groups excluding carboxylic acids is 1. The summed E-state index contributed by atoms with van der Waals surface area (Å²) in [6.07, 6.45) is 4.46. The summed E-state index contributed by atoms with van der Waals surface area (Å²) in [6.45, 7) is 1.12. The Morgan fingerprint density at radius 2 is 2.03 bits per heavy atom. The van der Waals surface area contributed by atoms with E-state index in [1.807, 2.05) is 0 Å². The molecular weight excluding hydrogens is 426 g/mol. The van der Waals surface area contributed by atoms with Crippen molar-refractivity contribution >= 4 is 17.2 Å². The fraction of sp³-hybridized carbons (Fsp3) is 0.333. The van der Waals surface area contributed by atoms with E-state index in [1.165, 1.54) is 12.1 Å². The molecule has 2 aliphatic heterocycles. The average molecular weight is 444 g/mol. The molecule has 0 spiro atoms. The summed E-state index contributed by atoms with van der Waals surface area (Å²) in [7, 11) is 0. The van der Waals surface area contributed by atoms with E-state index in [2.05, 4.69) is 10.2 Å². The van der Waals surface area contributed by atoms with Gasteiger partial charge in [-0.1, -0.05) is 17.4 Å². The van der Waals surface area contributed by atoms with Gasteiger partial charge in [0.05, 0.1) is 5.56 Å². The first-order valence-electron chi connectivity index (χ1n) is 9.96. The molecule has 0 radical (unpaired) electrons. The van der Waals surface area contributed by atoms with Gasteiger partial charge in [-0.15, -0.1) is 10.2 Å². The minimum Gasteiger partial charge on any atom is -0.503 e. The Kier molecular flexibility index (Phi) is 4.81. The second kappa shape index (κ2) is 7.52. The monoisotopic (exact) mass is 444 g/mol. The van der Waals surface area contributed by atoms with E-state index in [0.717, 1.165) is 36.7 Å². The second-order valence-electron chi connectivity index (χ2n) is 7.78. The average Bonchev–Trinajstić information content (AvgIpc) is 3.21. The maximum atomic E-state index is 13.9. The summed E-state index contributed by atoms with van der Waals surface area (Å²) >= 11 is 1.09. The van der Waals surface area contributed by atoms with Gasteiger partial charge in [0.2, 0.25) is 5.43 Å². The number of fused-ring (bicyclic) bond motifs is 2. The van der Waals surface area contributed by atoms with E-state index in [4.69, 9.17) is 0 Å². The van der Waals surface area contributed by atoms with Crippen LogP contribution in [-0.4, -0.2) is 43.3 Å². The van der Waals surface area contributed by atoms with E-state index in [-0.39, 0.29) is 40.2 Å². The first kappa shape index (κ1) is 19.8. The van der Waals surface area contributed by atoms with Crippen LogP contribution in [0.25, 0.3) is 10.6 Å². The number of piperidine rings is 1. The molecule has 4 heterocycles. The number of hydrogen-bond donors (Lipinski definition) is 1. The molecule has 31 heavy (non-hydrogen) atoms. The third-order valence-electron chi connectivity index (χ3n) is 5.81. The molecule has 1 saturated heterocycles. The molecule has 0 bridgehead atoms. The lowest BCUT2D eigenvalue weighted by atomic mass is 9.98. The van der Waals surface area contributed by atoms with Crippen molar-refractivity contribution in [2.24, 2.45) is 0 Å². The zero-order valence-corrected chi connectivity index (χ0v) is 17.2. The van der Waals surface area contributed by atoms with E-state index in [9.17, 15) is 23.5 Å². The van der Waals surface area contributed by atoms with Gasteiger partial charge < -0.3 is 14.6 Å². The predicted octanol–water partition coefficient (Wildman–Crippen LogP) is 2.95. The Labute approximate surface area is 179 Å². The maximum Gasteiger partial charge on any atom is 0.274 e. The minimum absolute atomic E-state index is 0.00465. The highest BCUT2D eigenvalue weighted by atomic mass is 32.1. The number of hydrogen-bond acceptors (Lipinski definition) is 6. The maximum absolute atomic E-state index is 13.9. The van der Waals surface area contributed by atoms with Crippen molar-refractivity contribution in [3.05, 3.63) is 62.5 Å². The second-order valence-corrected chi connectivity index (χ2v) is 8.85. The van der Waals surface area contributed by atoms with Crippen LogP contribution in [0.4, 0.5) is 8.78 Å². The number of amides is 1. The minimum atomic E-state index is -0.689. The van der Waals surface area contributed by atoms with Crippen LogP contribution in [0, 0.1) is 11.6 Å². The molecule has 10 heteroatoms. The third-order valence-corrected chi connectivity index (χ3v) is 6.76. The van der Waals surface area contributed by atoms with Gasteiger partial charge in [0.15, 0.2) is 16.5 Å². The summed E-state index contributed by atoms with van der Waals surface area (Å²) < 4.78 is 28.7. The van der Waals surface area contributed by atoms with Crippen molar-refractivity contribution in [1.82, 2.24) is 19.7 Å². The van der Waals surface area contributed by atoms with Gasteiger partial charge in [-0.2, -0.15) is 0 Å². The number of rotatable bonds is 3. The molecule has 1 fully saturated rings. The highest BCUT2D eigenvalue weighted by Gasteiger charge is 2.37. The molecule has 160 valence electrons. The van der Waals surface area contributed by atoms with Crippen LogP contribution in [0.15, 0.2) is 29.2 Å². The highest BCUT2D eigenvalue weighted by molar-refractivity contribution is 7.14. The summed E-state index contributed by atoms with van der Waals surface area (Å²) in [5, 5.41) is 19.3. The van der Waals surface area contributed by atoms with E-state index < -0.39 is 22.8 Å². The molecule has 1 atom stereocenters. The molecule has 1 unspecified atom stereocenters. The van der Waals surface area contributed by atoms with Crippen LogP contribution in [0.3, 0.4) is 0 Å². The van der Waals surface area contributed by atoms with Crippen LogP contribution < -0.4 is 5.43 Å². The van der Waals surface area contributed by atoms with Crippen LogP contribution in [-0.2, 0) is 13.0 Å². The first-order chi connectivity index (χ1) is 14.9. The standard InChI is InChI=1S/C21H18F2N4O3S/c22-12-5-4-11(15(23)8-12)7-16-24-25-20(31-16)14-10-26-9-13-3-1-2-6-27(13)21(30)17(26)19(29)18(14)28/h4-5,8,10,13,29H,1-3,6-7,9H2. The van der Waals surface area contributed by atoms with Crippen LogP contribution in [0.1, 0.15) is 40.3 Å². The van der Waals surface area contributed by atoms with E-state index in [0.29, 0.717) is 18.1 Å². The van der Waals surface area contributed by atoms with Crippen molar-refractivity contribution in [2.75, 3.05) is 6.54 Å². The SMILES string of the molecule is O=C1c2c(O)c(=O)c(-c3nnc(Cc4ccc(F)cc4F)s3)cn2CC2CCCCN12. The van der Waals surface area contributed by atoms with Crippen LogP contribution in [0.2, 0.25) is 0 Å². The van der Waals surface area contributed by atoms with Gasteiger partial charge in [0.1, 0.15) is 16.6 Å². The third kappa shape index (κ3) is 3.40. The molecular formula is C21H18F2N4O3S. The number of benzene rings is 1. The Morgan fingerprint density at radius 3 is 2.84 bits per heavy atom. The molecule has 1 amide bonds. The van der Waals surface area contributed by atoms with Crippen molar-refractivity contribution in [1.29, 1.82) is 0 Å². The number of aromatic nitrogens is 3. The lowest BCUT2D eigenvalue weighted by Gasteiger charge is -2.40. The quantitative estimate of drug-likeness (QED) is 0.671. The molecule has 1 N–H and O–H groups in total. The van der Waals surface area contributed by atoms with Crippen LogP contribution >= 0.6 is 11.3 Å². The fourth-order valence-corrected chi connectivity index (χ4v) is 5.12. The smallest absolute Gasteiger partial charge is 0.274 e. The number of aromatic hydroxyl groups is 1. The molecule has 2 aliphatic rings. The van der Waals surface area contributed by atoms with Crippen molar-refractivity contribution in [2.45, 2.75) is 38.3 Å². The zero-order chi connectivity index (χ0) is 21.7. The normalized spacial score (nSPS) is 18.1. The van der Waals surface area contributed by atoms with Crippen molar-refractivity contribution in [3.8, 4) is 16.3 Å². The van der Waals surface area contributed by atoms with Gasteiger partial charge in [0.25, 0.3) is 5.91 Å². The summed E-state index contributed by atoms with van der Waals surface area (Å²) in [5.74, 6) is -2.27. The Balaban J connectivity index is 1.50. The molecule has 1 aromatic carbocycles. The van der Waals surface area contributed by atoms with Gasteiger partial charge in [-0.25, -0.2) is 8.78 Å². The summed E-state index contributed by atoms with van der Waals surface area (Å²) in [6, 6.07) is 3.35. The number of pyridine rings is 1. The summed E-state index contributed by atoms with van der Waals surface area (Å²) in [4.78, 5) is 27.4. The zero-order valence-electron chi connectivity index (χ0n) is 16.3. The lowest BCUT2D eigenvalue weighted by Crippen LogP contribution is -2.51. The summed E-state index contributed by atoms with van der Waals surface area (Å²) in [5.41, 5.74) is -0.283. The van der Waals surface area contributed by atoms with Gasteiger partial charge in [0, 0.05) is 37.8 Å². The molecule has 2 aromatic heterocycles. The molecule has 3 aromatic rings. The van der Waals surface area contributed by atoms with Crippen molar-refractivity contribution < 1.29 is 18.7 Å². The first-order valence-corrected chi connectivity index (χ1v) is 10.8. The Bertz CT molecular complexity index is 1260. The largest absolute Gasteiger partial charge is 0.503 e. The number of halogens is 2. The van der Waals surface area contributed by atoms with E-state index >= 15 is 0 Å². The van der Waals surface area contributed by atoms with Crippen molar-refractivity contribution in [3.63, 3.8) is 0 Å². The Morgan fingerprint density at radius 1 is 1.19 bits per heavy atom. The van der Waals surface area contributed by atoms with Crippen LogP contribution in [0.5, 0.6) is 5.75 Å². The molecule has 7 nitrogen and oxygen atoms in total. The topological polar surface area (TPSA) is 88.3 Å². The van der Waals surface area contributed by atoms with Gasteiger partial charge in [-0.05, 0) is 30.9 Å². The van der Waals surface area contributed by atoms with Gasteiger partial charge >= 0.3 is 0 Å². The lowest BCUT2D eigenvalue weighted by molar-refractivity contribution is 0.0506. The Hall–Kier alpha value is -3.14. The fourth-order valence-electron chi connectivity index (χ4n) is 4.25.